The highest BCUT2D eigenvalue weighted by Crippen LogP contribution is 2.41. The van der Waals surface area contributed by atoms with Crippen LogP contribution in [0.25, 0.3) is 22.4 Å². The Morgan fingerprint density at radius 3 is 2.45 bits per heavy atom. The van der Waals surface area contributed by atoms with Gasteiger partial charge in [-0.25, -0.2) is 4.98 Å². The average Bonchev–Trinajstić information content (AvgIpc) is 2.73. The standard InChI is InChI=1S/C25H24N2O2/c1-2-27-22-15-21(19-7-4-3-5-8-19)24(26-25(22)29-16-23(27)28)20-13-11-18(12-14-20)17-9-6-10-17/h3-5,7-8,11-15,17H,2,6,9-10,16H2,1H3. The lowest BCUT2D eigenvalue weighted by molar-refractivity contribution is -0.121. The second-order valence-electron chi connectivity index (χ2n) is 7.75. The lowest BCUT2D eigenvalue weighted by atomic mass is 9.80. The molecular formula is C25H24N2O2. The maximum Gasteiger partial charge on any atom is 0.265 e. The first kappa shape index (κ1) is 17.9. The van der Waals surface area contributed by atoms with E-state index in [1.165, 1.54) is 24.8 Å². The summed E-state index contributed by atoms with van der Waals surface area (Å²) in [6.45, 7) is 2.61. The quantitative estimate of drug-likeness (QED) is 0.602. The number of carbonyl (C=O) groups excluding carboxylic acids is 1. The average molecular weight is 384 g/mol. The Balaban J connectivity index is 1.64. The van der Waals surface area contributed by atoms with E-state index in [0.717, 1.165) is 28.1 Å². The molecule has 2 heterocycles. The lowest BCUT2D eigenvalue weighted by Crippen LogP contribution is -2.39. The van der Waals surface area contributed by atoms with Crippen LogP contribution in [0.5, 0.6) is 5.88 Å². The van der Waals surface area contributed by atoms with E-state index in [-0.39, 0.29) is 12.5 Å². The first-order valence-electron chi connectivity index (χ1n) is 10.4. The summed E-state index contributed by atoms with van der Waals surface area (Å²) in [4.78, 5) is 18.9. The van der Waals surface area contributed by atoms with Crippen molar-refractivity contribution in [3.8, 4) is 28.3 Å². The van der Waals surface area contributed by atoms with Gasteiger partial charge < -0.3 is 9.64 Å². The zero-order valence-corrected chi connectivity index (χ0v) is 16.6. The van der Waals surface area contributed by atoms with Crippen LogP contribution in [0.15, 0.2) is 60.7 Å². The summed E-state index contributed by atoms with van der Waals surface area (Å²) in [5.74, 6) is 1.21. The molecule has 4 heteroatoms. The molecule has 0 N–H and O–H groups in total. The fraction of sp³-hybridized carbons (Fsp3) is 0.280. The van der Waals surface area contributed by atoms with Crippen molar-refractivity contribution in [1.29, 1.82) is 0 Å². The number of hydrogen-bond donors (Lipinski definition) is 0. The van der Waals surface area contributed by atoms with Crippen molar-refractivity contribution in [2.75, 3.05) is 18.1 Å². The van der Waals surface area contributed by atoms with Gasteiger partial charge in [-0.3, -0.25) is 4.79 Å². The first-order valence-corrected chi connectivity index (χ1v) is 10.4. The molecule has 5 rings (SSSR count). The van der Waals surface area contributed by atoms with E-state index < -0.39 is 0 Å². The van der Waals surface area contributed by atoms with Crippen LogP contribution in [0, 0.1) is 0 Å². The molecule has 4 nitrogen and oxygen atoms in total. The predicted molar refractivity (Wildman–Crippen MR) is 115 cm³/mol. The van der Waals surface area contributed by atoms with E-state index in [0.29, 0.717) is 18.3 Å². The first-order chi connectivity index (χ1) is 14.2. The number of pyridine rings is 1. The molecule has 3 aromatic rings. The second-order valence-corrected chi connectivity index (χ2v) is 7.75. The Kier molecular flexibility index (Phi) is 4.55. The maximum atomic E-state index is 12.3. The summed E-state index contributed by atoms with van der Waals surface area (Å²) in [5, 5.41) is 0. The van der Waals surface area contributed by atoms with Gasteiger partial charge in [0.05, 0.1) is 5.69 Å². The van der Waals surface area contributed by atoms with E-state index in [1.807, 2.05) is 31.2 Å². The number of fused-ring (bicyclic) bond motifs is 1. The molecule has 146 valence electrons. The van der Waals surface area contributed by atoms with Gasteiger partial charge in [0, 0.05) is 17.7 Å². The van der Waals surface area contributed by atoms with Gasteiger partial charge in [0.2, 0.25) is 5.88 Å². The number of nitrogens with zero attached hydrogens (tertiary/aromatic N) is 2. The van der Waals surface area contributed by atoms with Crippen LogP contribution in [0.1, 0.15) is 37.7 Å². The van der Waals surface area contributed by atoms with Crippen LogP contribution in [0.2, 0.25) is 0 Å². The third-order valence-electron chi connectivity index (χ3n) is 6.05. The molecule has 29 heavy (non-hydrogen) atoms. The van der Waals surface area contributed by atoms with Crippen LogP contribution < -0.4 is 9.64 Å². The highest BCUT2D eigenvalue weighted by Gasteiger charge is 2.28. The van der Waals surface area contributed by atoms with Gasteiger partial charge in [-0.1, -0.05) is 61.0 Å². The summed E-state index contributed by atoms with van der Waals surface area (Å²) in [5.41, 5.74) is 6.21. The molecule has 0 unspecified atom stereocenters. The number of aromatic nitrogens is 1. The van der Waals surface area contributed by atoms with Gasteiger partial charge in [-0.2, -0.15) is 0 Å². The zero-order chi connectivity index (χ0) is 19.8. The smallest absolute Gasteiger partial charge is 0.265 e. The topological polar surface area (TPSA) is 42.4 Å². The largest absolute Gasteiger partial charge is 0.466 e. The van der Waals surface area contributed by atoms with Crippen molar-refractivity contribution >= 4 is 11.6 Å². The summed E-state index contributed by atoms with van der Waals surface area (Å²) in [7, 11) is 0. The molecule has 0 spiro atoms. The SMILES string of the molecule is CCN1C(=O)COc2nc(-c3ccc(C4CCC4)cc3)c(-c3ccccc3)cc21. The minimum Gasteiger partial charge on any atom is -0.466 e. The Morgan fingerprint density at radius 1 is 1.03 bits per heavy atom. The monoisotopic (exact) mass is 384 g/mol. The summed E-state index contributed by atoms with van der Waals surface area (Å²) < 4.78 is 5.71. The van der Waals surface area contributed by atoms with Crippen LogP contribution in [-0.4, -0.2) is 24.0 Å². The Labute approximate surface area is 171 Å². The van der Waals surface area contributed by atoms with E-state index in [1.54, 1.807) is 4.90 Å². The molecule has 1 aliphatic carbocycles. The van der Waals surface area contributed by atoms with Crippen LogP contribution in [0.3, 0.4) is 0 Å². The Morgan fingerprint density at radius 2 is 1.79 bits per heavy atom. The van der Waals surface area contributed by atoms with E-state index in [9.17, 15) is 4.79 Å². The minimum atomic E-state index is -0.0292. The molecule has 1 aromatic heterocycles. The van der Waals surface area contributed by atoms with Gasteiger partial charge in [0.1, 0.15) is 5.69 Å². The number of likely N-dealkylation sites (N-methyl/N-ethyl adjacent to an activating group) is 1. The van der Waals surface area contributed by atoms with E-state index in [4.69, 9.17) is 9.72 Å². The molecule has 2 aliphatic rings. The number of benzene rings is 2. The normalized spacial score (nSPS) is 16.2. The van der Waals surface area contributed by atoms with Crippen LogP contribution in [0.4, 0.5) is 5.69 Å². The fourth-order valence-electron chi connectivity index (χ4n) is 4.19. The predicted octanol–water partition coefficient (Wildman–Crippen LogP) is 5.43. The van der Waals surface area contributed by atoms with Crippen molar-refractivity contribution in [2.24, 2.45) is 0 Å². The molecule has 1 aliphatic heterocycles. The van der Waals surface area contributed by atoms with Gasteiger partial charge in [-0.15, -0.1) is 0 Å². The molecule has 0 bridgehead atoms. The Hall–Kier alpha value is -3.14. The highest BCUT2D eigenvalue weighted by molar-refractivity contribution is 5.99. The number of rotatable bonds is 4. The van der Waals surface area contributed by atoms with Crippen molar-refractivity contribution < 1.29 is 9.53 Å². The molecule has 1 fully saturated rings. The lowest BCUT2D eigenvalue weighted by Gasteiger charge is -2.29. The van der Waals surface area contributed by atoms with Gasteiger partial charge in [-0.05, 0) is 42.9 Å². The number of carbonyl (C=O) groups is 1. The minimum absolute atomic E-state index is 0.0292. The summed E-state index contributed by atoms with van der Waals surface area (Å²) >= 11 is 0. The molecule has 0 saturated heterocycles. The van der Waals surface area contributed by atoms with Gasteiger partial charge >= 0.3 is 0 Å². The number of amides is 1. The van der Waals surface area contributed by atoms with Crippen LogP contribution >= 0.6 is 0 Å². The van der Waals surface area contributed by atoms with Crippen molar-refractivity contribution in [3.63, 3.8) is 0 Å². The van der Waals surface area contributed by atoms with Crippen molar-refractivity contribution in [2.45, 2.75) is 32.1 Å². The maximum absolute atomic E-state index is 12.3. The third kappa shape index (κ3) is 3.19. The number of anilines is 1. The molecule has 1 amide bonds. The fourth-order valence-corrected chi connectivity index (χ4v) is 4.19. The highest BCUT2D eigenvalue weighted by atomic mass is 16.5. The third-order valence-corrected chi connectivity index (χ3v) is 6.05. The molecule has 0 atom stereocenters. The second kappa shape index (κ2) is 7.36. The molecule has 2 aromatic carbocycles. The molecule has 0 radical (unpaired) electrons. The summed E-state index contributed by atoms with van der Waals surface area (Å²) in [6.07, 6.45) is 3.92. The Bertz CT molecular complexity index is 1040. The zero-order valence-electron chi connectivity index (χ0n) is 16.6. The number of ether oxygens (including phenoxy) is 1. The van der Waals surface area contributed by atoms with Gasteiger partial charge in [0.25, 0.3) is 5.91 Å². The molecular weight excluding hydrogens is 360 g/mol. The van der Waals surface area contributed by atoms with Gasteiger partial charge in [0.15, 0.2) is 6.61 Å². The van der Waals surface area contributed by atoms with E-state index >= 15 is 0 Å². The molecule has 1 saturated carbocycles. The van der Waals surface area contributed by atoms with Crippen molar-refractivity contribution in [3.05, 3.63) is 66.2 Å². The van der Waals surface area contributed by atoms with E-state index in [2.05, 4.69) is 36.4 Å². The van der Waals surface area contributed by atoms with Crippen LogP contribution in [-0.2, 0) is 4.79 Å². The number of hydrogen-bond acceptors (Lipinski definition) is 3. The summed E-state index contributed by atoms with van der Waals surface area (Å²) in [6, 6.07) is 21.1. The van der Waals surface area contributed by atoms with Crippen molar-refractivity contribution in [1.82, 2.24) is 4.98 Å².